The lowest BCUT2D eigenvalue weighted by atomic mass is 9.98. The maximum absolute atomic E-state index is 13.4. The molecule has 182 valence electrons. The lowest BCUT2D eigenvalue weighted by Gasteiger charge is -2.15. The Bertz CT molecular complexity index is 1070. The van der Waals surface area contributed by atoms with E-state index in [2.05, 4.69) is 32.2 Å². The predicted octanol–water partition coefficient (Wildman–Crippen LogP) is 4.34. The minimum absolute atomic E-state index is 0.0277. The van der Waals surface area contributed by atoms with Gasteiger partial charge in [-0.2, -0.15) is 0 Å². The summed E-state index contributed by atoms with van der Waals surface area (Å²) >= 11 is 0. The molecule has 0 radical (unpaired) electrons. The Morgan fingerprint density at radius 2 is 2.00 bits per heavy atom. The molecule has 2 aromatic rings. The molecule has 3 rings (SSSR count). The number of carbonyl (C=O) groups excluding carboxylic acids is 1. The maximum atomic E-state index is 13.4. The molecule has 0 heterocycles. The Morgan fingerprint density at radius 3 is 2.71 bits per heavy atom. The van der Waals surface area contributed by atoms with Gasteiger partial charge in [0.1, 0.15) is 18.5 Å². The van der Waals surface area contributed by atoms with Gasteiger partial charge in [0.15, 0.2) is 5.78 Å². The molecule has 0 fully saturated rings. The van der Waals surface area contributed by atoms with Gasteiger partial charge in [0.2, 0.25) is 0 Å². The van der Waals surface area contributed by atoms with Crippen LogP contribution in [0.15, 0.2) is 59.9 Å². The van der Waals surface area contributed by atoms with E-state index >= 15 is 0 Å². The average Bonchev–Trinajstić information content (AvgIpc) is 2.97. The number of hydrogen-bond acceptors (Lipinski definition) is 6. The number of unbranched alkanes of at least 4 members (excludes halogenated alkanes) is 1. The first-order chi connectivity index (χ1) is 16.3. The van der Waals surface area contributed by atoms with Crippen LogP contribution >= 0.6 is 0 Å². The van der Waals surface area contributed by atoms with Crippen molar-refractivity contribution < 1.29 is 19.7 Å². The third-order valence-corrected chi connectivity index (χ3v) is 5.76. The number of aliphatic hydroxyl groups is 2. The molecular formula is C28H36N2O4. The normalized spacial score (nSPS) is 14.9. The number of aliphatic hydroxyl groups excluding tert-OH is 2. The highest BCUT2D eigenvalue weighted by molar-refractivity contribution is 6.11. The third-order valence-electron chi connectivity index (χ3n) is 5.76. The summed E-state index contributed by atoms with van der Waals surface area (Å²) in [4.78, 5) is 13.4. The molecule has 1 aliphatic rings. The van der Waals surface area contributed by atoms with Crippen molar-refractivity contribution in [3.05, 3.63) is 82.2 Å². The van der Waals surface area contributed by atoms with Crippen molar-refractivity contribution in [3.8, 4) is 5.75 Å². The first kappa shape index (κ1) is 25.5. The predicted molar refractivity (Wildman–Crippen MR) is 136 cm³/mol. The first-order valence-electron chi connectivity index (χ1n) is 12.0. The average molecular weight is 465 g/mol. The van der Waals surface area contributed by atoms with Crippen molar-refractivity contribution in [1.82, 2.24) is 0 Å². The summed E-state index contributed by atoms with van der Waals surface area (Å²) < 4.78 is 5.73. The summed E-state index contributed by atoms with van der Waals surface area (Å²) in [6.45, 7) is 5.94. The molecule has 5 N–H and O–H groups in total. The topological polar surface area (TPSA) is 105 Å². The zero-order chi connectivity index (χ0) is 24.7. The van der Waals surface area contributed by atoms with Crippen molar-refractivity contribution in [2.75, 3.05) is 18.5 Å². The lowest BCUT2D eigenvalue weighted by molar-refractivity contribution is 0.0533. The van der Waals surface area contributed by atoms with E-state index in [0.717, 1.165) is 41.1 Å². The minimum atomic E-state index is -0.963. The van der Waals surface area contributed by atoms with E-state index in [0.29, 0.717) is 35.6 Å². The molecule has 34 heavy (non-hydrogen) atoms. The molecule has 0 saturated heterocycles. The number of carbonyl (C=O) groups is 1. The van der Waals surface area contributed by atoms with Crippen molar-refractivity contribution in [2.45, 2.75) is 52.6 Å². The van der Waals surface area contributed by atoms with Crippen LogP contribution in [0, 0.1) is 5.92 Å². The zero-order valence-electron chi connectivity index (χ0n) is 20.3. The van der Waals surface area contributed by atoms with Crippen LogP contribution in [0.5, 0.6) is 5.75 Å². The number of aryl methyl sites for hydroxylation is 1. The number of ether oxygens (including phenoxy) is 1. The molecule has 0 amide bonds. The van der Waals surface area contributed by atoms with Crippen LogP contribution in [0.1, 0.15) is 60.7 Å². The Labute approximate surface area is 202 Å². The van der Waals surface area contributed by atoms with Crippen LogP contribution in [0.4, 0.5) is 5.69 Å². The smallest absolute Gasteiger partial charge is 0.193 e. The molecule has 0 bridgehead atoms. The number of allylic oxidation sites excluding steroid dienone is 2. The second-order valence-electron chi connectivity index (χ2n) is 9.03. The summed E-state index contributed by atoms with van der Waals surface area (Å²) in [5.74, 6) is 0.860. The number of nitrogens with two attached hydrogens (primary N) is 1. The third kappa shape index (κ3) is 6.27. The van der Waals surface area contributed by atoms with Gasteiger partial charge in [0, 0.05) is 22.4 Å². The summed E-state index contributed by atoms with van der Waals surface area (Å²) in [6.07, 6.45) is 6.45. The van der Waals surface area contributed by atoms with E-state index in [-0.39, 0.29) is 19.0 Å². The number of anilines is 1. The highest BCUT2D eigenvalue weighted by atomic mass is 16.5. The Morgan fingerprint density at radius 1 is 1.21 bits per heavy atom. The standard InChI is InChI=1S/C28H36N2O4/c1-4-5-8-25(29)26(14-18(2)3)30-20-11-13-22-19(15-20)10-12-23-24(28(22)33)7-6-9-27(23)34-17-21(32)16-31/h6-9,11,13-15,18,21,30-32H,4-5,10,12,16-17,29H2,1-3H3/b25-8+,26-14+. The molecule has 1 atom stereocenters. The molecule has 6 nitrogen and oxygen atoms in total. The van der Waals surface area contributed by atoms with Crippen LogP contribution in [-0.4, -0.2) is 35.3 Å². The van der Waals surface area contributed by atoms with Gasteiger partial charge in [-0.25, -0.2) is 0 Å². The van der Waals surface area contributed by atoms with Gasteiger partial charge in [-0.15, -0.1) is 0 Å². The van der Waals surface area contributed by atoms with Gasteiger partial charge in [-0.1, -0.05) is 51.5 Å². The number of rotatable bonds is 10. The highest BCUT2D eigenvalue weighted by Gasteiger charge is 2.24. The van der Waals surface area contributed by atoms with Gasteiger partial charge in [0.05, 0.1) is 18.0 Å². The van der Waals surface area contributed by atoms with Gasteiger partial charge >= 0.3 is 0 Å². The van der Waals surface area contributed by atoms with E-state index in [1.165, 1.54) is 0 Å². The first-order valence-corrected chi connectivity index (χ1v) is 12.0. The summed E-state index contributed by atoms with van der Waals surface area (Å²) in [5, 5.41) is 22.2. The molecule has 6 heteroatoms. The van der Waals surface area contributed by atoms with Crippen molar-refractivity contribution in [1.29, 1.82) is 0 Å². The van der Waals surface area contributed by atoms with E-state index in [9.17, 15) is 9.90 Å². The molecule has 1 aliphatic carbocycles. The number of benzene rings is 2. The summed E-state index contributed by atoms with van der Waals surface area (Å²) in [7, 11) is 0. The molecular weight excluding hydrogens is 428 g/mol. The number of ketones is 1. The van der Waals surface area contributed by atoms with Gasteiger partial charge in [-0.3, -0.25) is 4.79 Å². The Kier molecular flexibility index (Phi) is 8.91. The van der Waals surface area contributed by atoms with E-state index < -0.39 is 6.10 Å². The van der Waals surface area contributed by atoms with Crippen molar-refractivity contribution in [2.24, 2.45) is 11.7 Å². The van der Waals surface area contributed by atoms with Crippen molar-refractivity contribution >= 4 is 11.5 Å². The molecule has 0 saturated carbocycles. The second kappa shape index (κ2) is 11.9. The van der Waals surface area contributed by atoms with Gasteiger partial charge in [-0.05, 0) is 55.0 Å². The fourth-order valence-corrected chi connectivity index (χ4v) is 4.02. The molecule has 0 spiro atoms. The van der Waals surface area contributed by atoms with Crippen LogP contribution < -0.4 is 15.8 Å². The monoisotopic (exact) mass is 464 g/mol. The van der Waals surface area contributed by atoms with E-state index in [1.54, 1.807) is 12.1 Å². The number of nitrogens with one attached hydrogen (secondary N) is 1. The highest BCUT2D eigenvalue weighted by Crippen LogP contribution is 2.32. The van der Waals surface area contributed by atoms with Crippen LogP contribution in [0.2, 0.25) is 0 Å². The second-order valence-corrected chi connectivity index (χ2v) is 9.03. The zero-order valence-corrected chi connectivity index (χ0v) is 20.3. The summed E-state index contributed by atoms with van der Waals surface area (Å²) in [5.41, 5.74) is 11.9. The van der Waals surface area contributed by atoms with Crippen LogP contribution in [-0.2, 0) is 12.8 Å². The van der Waals surface area contributed by atoms with Gasteiger partial charge in [0.25, 0.3) is 0 Å². The minimum Gasteiger partial charge on any atom is -0.490 e. The Balaban J connectivity index is 1.88. The Hall–Kier alpha value is -3.09. The fraction of sp³-hybridized carbons (Fsp3) is 0.393. The quantitative estimate of drug-likeness (QED) is 0.390. The number of hydrogen-bond donors (Lipinski definition) is 4. The SMILES string of the molecule is CCC/C=C(N)\C(=C/C(C)C)Nc1ccc2c(c1)CCc1c(OCC(O)CO)cccc1C2=O. The van der Waals surface area contributed by atoms with Crippen LogP contribution in [0.3, 0.4) is 0 Å². The van der Waals surface area contributed by atoms with Gasteiger partial charge < -0.3 is 26.0 Å². The van der Waals surface area contributed by atoms with E-state index in [1.807, 2.05) is 30.3 Å². The fourth-order valence-electron chi connectivity index (χ4n) is 4.02. The number of fused-ring (bicyclic) bond motifs is 2. The summed E-state index contributed by atoms with van der Waals surface area (Å²) in [6, 6.07) is 11.2. The molecule has 0 aromatic heterocycles. The van der Waals surface area contributed by atoms with Crippen LogP contribution in [0.25, 0.3) is 0 Å². The molecule has 0 aliphatic heterocycles. The largest absolute Gasteiger partial charge is 0.490 e. The van der Waals surface area contributed by atoms with E-state index in [4.69, 9.17) is 15.6 Å². The molecule has 2 aromatic carbocycles. The van der Waals surface area contributed by atoms with Crippen molar-refractivity contribution in [3.63, 3.8) is 0 Å². The maximum Gasteiger partial charge on any atom is 0.193 e. The molecule has 1 unspecified atom stereocenters. The lowest BCUT2D eigenvalue weighted by Crippen LogP contribution is -2.22.